The number of hydrogen-bond donors (Lipinski definition) is 1. The number of para-hydroxylation sites is 1. The zero-order valence-corrected chi connectivity index (χ0v) is 19.0. The van der Waals surface area contributed by atoms with E-state index < -0.39 is 5.60 Å². The van der Waals surface area contributed by atoms with Gasteiger partial charge in [-0.3, -0.25) is 14.7 Å². The van der Waals surface area contributed by atoms with Gasteiger partial charge in [-0.25, -0.2) is 4.79 Å². The lowest BCUT2D eigenvalue weighted by Crippen LogP contribution is -2.46. The Morgan fingerprint density at radius 3 is 2.48 bits per heavy atom. The van der Waals surface area contributed by atoms with Gasteiger partial charge >= 0.3 is 6.09 Å². The zero-order valence-electron chi connectivity index (χ0n) is 19.0. The second kappa shape index (κ2) is 8.50. The minimum absolute atomic E-state index is 0.0783. The van der Waals surface area contributed by atoms with Crippen LogP contribution in [0.3, 0.4) is 0 Å². The third-order valence-corrected chi connectivity index (χ3v) is 6.92. The predicted molar refractivity (Wildman–Crippen MR) is 127 cm³/mol. The highest BCUT2D eigenvalue weighted by molar-refractivity contribution is 6.05. The quantitative estimate of drug-likeness (QED) is 0.598. The van der Waals surface area contributed by atoms with E-state index in [0.29, 0.717) is 5.56 Å². The molecule has 2 aliphatic rings. The molecular formula is C27H29N3O3. The van der Waals surface area contributed by atoms with Crippen LogP contribution in [0, 0.1) is 0 Å². The van der Waals surface area contributed by atoms with Crippen LogP contribution in [0.1, 0.15) is 61.5 Å². The lowest BCUT2D eigenvalue weighted by molar-refractivity contribution is 0.0663. The molecule has 1 aliphatic carbocycles. The number of hydrogen-bond acceptors (Lipinski definition) is 4. The summed E-state index contributed by atoms with van der Waals surface area (Å²) in [6.07, 6.45) is 4.76. The van der Waals surface area contributed by atoms with Crippen LogP contribution < -0.4 is 5.32 Å². The smallest absolute Gasteiger partial charge is 0.411 e. The van der Waals surface area contributed by atoms with Crippen LogP contribution in [-0.2, 0) is 4.74 Å². The number of pyridine rings is 1. The van der Waals surface area contributed by atoms with Gasteiger partial charge in [0.15, 0.2) is 0 Å². The van der Waals surface area contributed by atoms with Crippen molar-refractivity contribution in [2.75, 3.05) is 0 Å². The first-order chi connectivity index (χ1) is 15.9. The molecule has 2 aromatic carbocycles. The van der Waals surface area contributed by atoms with E-state index in [9.17, 15) is 9.59 Å². The molecule has 3 aromatic rings. The number of benzene rings is 2. The maximum atomic E-state index is 13.0. The molecule has 1 N–H and O–H groups in total. The Labute approximate surface area is 194 Å². The van der Waals surface area contributed by atoms with Crippen molar-refractivity contribution < 1.29 is 14.3 Å². The highest BCUT2D eigenvalue weighted by Gasteiger charge is 2.51. The molecule has 6 heteroatoms. The molecular weight excluding hydrogens is 414 g/mol. The number of aromatic nitrogens is 1. The van der Waals surface area contributed by atoms with Gasteiger partial charge in [-0.2, -0.15) is 0 Å². The molecule has 1 saturated carbocycles. The first-order valence-electron chi connectivity index (χ1n) is 11.6. The van der Waals surface area contributed by atoms with Crippen molar-refractivity contribution >= 4 is 22.9 Å². The number of cyclic esters (lactones) is 1. The topological polar surface area (TPSA) is 71.5 Å². The highest BCUT2D eigenvalue weighted by Crippen LogP contribution is 2.44. The lowest BCUT2D eigenvalue weighted by atomic mass is 9.86. The van der Waals surface area contributed by atoms with Crippen LogP contribution in [0.4, 0.5) is 4.79 Å². The van der Waals surface area contributed by atoms with E-state index in [0.717, 1.165) is 42.1 Å². The van der Waals surface area contributed by atoms with Crippen LogP contribution in [0.5, 0.6) is 0 Å². The fourth-order valence-corrected chi connectivity index (χ4v) is 5.38. The van der Waals surface area contributed by atoms with E-state index in [1.54, 1.807) is 6.20 Å². The number of carbonyl (C=O) groups excluding carboxylic acids is 2. The molecule has 1 unspecified atom stereocenters. The van der Waals surface area contributed by atoms with Gasteiger partial charge in [-0.1, -0.05) is 48.5 Å². The van der Waals surface area contributed by atoms with E-state index in [4.69, 9.17) is 4.74 Å². The van der Waals surface area contributed by atoms with E-state index in [1.807, 2.05) is 67.3 Å². The van der Waals surface area contributed by atoms with Crippen molar-refractivity contribution in [2.24, 2.45) is 0 Å². The average molecular weight is 444 g/mol. The minimum atomic E-state index is -0.592. The summed E-state index contributed by atoms with van der Waals surface area (Å²) in [7, 11) is 0. The standard InChI is InChI=1S/C27H29N3O3/c1-27(2)24(19-8-4-3-5-9-19)30(26(32)33-27)21-15-13-20(14-16-21)29-25(31)22-12-6-10-18-11-7-17-28-23(18)22/h3-12,17,20-21,24H,13-16H2,1-2H3,(H,29,31). The third-order valence-electron chi connectivity index (χ3n) is 6.92. The Morgan fingerprint density at radius 1 is 1.00 bits per heavy atom. The zero-order chi connectivity index (χ0) is 23.0. The van der Waals surface area contributed by atoms with Gasteiger partial charge in [0.1, 0.15) is 5.60 Å². The number of nitrogens with one attached hydrogen (secondary N) is 1. The largest absolute Gasteiger partial charge is 0.441 e. The Kier molecular flexibility index (Phi) is 5.52. The molecule has 33 heavy (non-hydrogen) atoms. The van der Waals surface area contributed by atoms with Gasteiger partial charge in [0, 0.05) is 23.7 Å². The van der Waals surface area contributed by atoms with Crippen LogP contribution in [-0.4, -0.2) is 39.6 Å². The fraction of sp³-hybridized carbons (Fsp3) is 0.370. The van der Waals surface area contributed by atoms with E-state index in [-0.39, 0.29) is 30.1 Å². The predicted octanol–water partition coefficient (Wildman–Crippen LogP) is 5.25. The first kappa shape index (κ1) is 21.4. The summed E-state index contributed by atoms with van der Waals surface area (Å²) in [5.74, 6) is -0.0911. The summed E-state index contributed by atoms with van der Waals surface area (Å²) in [6.45, 7) is 3.96. The Balaban J connectivity index is 1.28. The van der Waals surface area contributed by atoms with E-state index in [1.165, 1.54) is 0 Å². The number of amides is 2. The average Bonchev–Trinajstić information content (AvgIpc) is 3.07. The summed E-state index contributed by atoms with van der Waals surface area (Å²) in [4.78, 5) is 32.2. The molecule has 6 nitrogen and oxygen atoms in total. The number of ether oxygens (including phenoxy) is 1. The molecule has 2 amide bonds. The number of nitrogens with zero attached hydrogens (tertiary/aromatic N) is 2. The molecule has 170 valence electrons. The number of carbonyl (C=O) groups is 2. The Morgan fingerprint density at radius 2 is 1.73 bits per heavy atom. The van der Waals surface area contributed by atoms with Crippen molar-refractivity contribution in [1.29, 1.82) is 0 Å². The molecule has 0 spiro atoms. The van der Waals surface area contributed by atoms with Gasteiger partial charge in [0.25, 0.3) is 5.91 Å². The van der Waals surface area contributed by atoms with Crippen molar-refractivity contribution in [3.63, 3.8) is 0 Å². The van der Waals surface area contributed by atoms with Crippen LogP contribution >= 0.6 is 0 Å². The maximum Gasteiger partial charge on any atom is 0.411 e. The van der Waals surface area contributed by atoms with Crippen molar-refractivity contribution in [3.05, 3.63) is 78.0 Å². The Bertz CT molecular complexity index is 1160. The van der Waals surface area contributed by atoms with Crippen LogP contribution in [0.2, 0.25) is 0 Å². The van der Waals surface area contributed by atoms with Crippen LogP contribution in [0.25, 0.3) is 10.9 Å². The monoisotopic (exact) mass is 443 g/mol. The summed E-state index contributed by atoms with van der Waals surface area (Å²) >= 11 is 0. The molecule has 5 rings (SSSR count). The maximum absolute atomic E-state index is 13.0. The molecule has 1 aromatic heterocycles. The molecule has 1 aliphatic heterocycles. The fourth-order valence-electron chi connectivity index (χ4n) is 5.38. The number of fused-ring (bicyclic) bond motifs is 1. The molecule has 1 atom stereocenters. The van der Waals surface area contributed by atoms with Gasteiger partial charge in [-0.15, -0.1) is 0 Å². The van der Waals surface area contributed by atoms with Crippen LogP contribution in [0.15, 0.2) is 66.9 Å². The molecule has 1 saturated heterocycles. The second-order valence-electron chi connectivity index (χ2n) is 9.55. The summed E-state index contributed by atoms with van der Waals surface area (Å²) in [6, 6.07) is 19.7. The van der Waals surface area contributed by atoms with Gasteiger partial charge < -0.3 is 10.1 Å². The molecule has 2 heterocycles. The van der Waals surface area contributed by atoms with E-state index in [2.05, 4.69) is 22.4 Å². The normalized spacial score (nSPS) is 24.5. The van der Waals surface area contributed by atoms with Crippen molar-refractivity contribution in [3.8, 4) is 0 Å². The van der Waals surface area contributed by atoms with E-state index >= 15 is 0 Å². The Hall–Kier alpha value is -3.41. The number of rotatable bonds is 4. The summed E-state index contributed by atoms with van der Waals surface area (Å²) in [5, 5.41) is 4.15. The third kappa shape index (κ3) is 4.06. The SMILES string of the molecule is CC1(C)OC(=O)N(C2CCC(NC(=O)c3cccc4cccnc34)CC2)C1c1ccccc1. The lowest BCUT2D eigenvalue weighted by Gasteiger charge is -2.38. The van der Waals surface area contributed by atoms with Crippen molar-refractivity contribution in [2.45, 2.75) is 63.3 Å². The second-order valence-corrected chi connectivity index (χ2v) is 9.55. The molecule has 2 fully saturated rings. The minimum Gasteiger partial charge on any atom is -0.441 e. The van der Waals surface area contributed by atoms with Gasteiger partial charge in [-0.05, 0) is 57.2 Å². The summed E-state index contributed by atoms with van der Waals surface area (Å²) in [5.41, 5.74) is 1.82. The van der Waals surface area contributed by atoms with Crippen molar-refractivity contribution in [1.82, 2.24) is 15.2 Å². The highest BCUT2D eigenvalue weighted by atomic mass is 16.6. The summed E-state index contributed by atoms with van der Waals surface area (Å²) < 4.78 is 5.78. The molecule has 0 bridgehead atoms. The van der Waals surface area contributed by atoms with Gasteiger partial charge in [0.2, 0.25) is 0 Å². The first-order valence-corrected chi connectivity index (χ1v) is 11.6. The molecule has 0 radical (unpaired) electrons. The van der Waals surface area contributed by atoms with Gasteiger partial charge in [0.05, 0.1) is 17.1 Å².